The van der Waals surface area contributed by atoms with Crippen LogP contribution in [0, 0.1) is 0 Å². The van der Waals surface area contributed by atoms with Gasteiger partial charge in [0.05, 0.1) is 0 Å². The molecule has 0 aliphatic carbocycles. The van der Waals surface area contributed by atoms with E-state index in [0.717, 1.165) is 0 Å². The molecule has 0 radical (unpaired) electrons. The van der Waals surface area contributed by atoms with Crippen LogP contribution < -0.4 is 0 Å². The van der Waals surface area contributed by atoms with Crippen molar-refractivity contribution in [3.05, 3.63) is 10.5 Å². The first kappa shape index (κ1) is 14.1. The summed E-state index contributed by atoms with van der Waals surface area (Å²) in [5.74, 6) is 0. The Bertz CT molecular complexity index is 141. The molecule has 0 N–H and O–H groups in total. The van der Waals surface area contributed by atoms with Gasteiger partial charge in [0.25, 0.3) is 0 Å². The van der Waals surface area contributed by atoms with Gasteiger partial charge in [0.1, 0.15) is 0 Å². The van der Waals surface area contributed by atoms with E-state index < -0.39 is 0 Å². The van der Waals surface area contributed by atoms with Gasteiger partial charge in [-0.3, -0.25) is 0 Å². The molecule has 0 heterocycles. The lowest BCUT2D eigenvalue weighted by molar-refractivity contribution is 0.744. The number of allylic oxidation sites excluding steroid dienone is 2. The van der Waals surface area contributed by atoms with Crippen molar-refractivity contribution in [2.45, 2.75) is 65.7 Å². The highest BCUT2D eigenvalue weighted by Crippen LogP contribution is 2.27. The first-order valence-corrected chi connectivity index (χ1v) is 7.27. The van der Waals surface area contributed by atoms with Gasteiger partial charge in [0.2, 0.25) is 0 Å². The predicted octanol–water partition coefficient (Wildman–Crippen LogP) is 5.39. The summed E-state index contributed by atoms with van der Waals surface area (Å²) in [6.45, 7) is 6.85. The number of hydrogen-bond donors (Lipinski definition) is 0. The standard InChI is InChI=1S/C13H26S/c1-5-8-10-12(7-3)13(14-4)11-9-6-2/h5-11H2,1-4H3/b13-12+. The van der Waals surface area contributed by atoms with Gasteiger partial charge in [-0.05, 0) is 43.3 Å². The van der Waals surface area contributed by atoms with Gasteiger partial charge in [0, 0.05) is 0 Å². The van der Waals surface area contributed by atoms with E-state index in [1.165, 1.54) is 44.9 Å². The highest BCUT2D eigenvalue weighted by Gasteiger charge is 2.03. The normalized spacial score (nSPS) is 12.9. The molecule has 0 aromatic heterocycles. The topological polar surface area (TPSA) is 0 Å². The number of thioether (sulfide) groups is 1. The molecule has 0 aromatic rings. The summed E-state index contributed by atoms with van der Waals surface area (Å²) in [7, 11) is 0. The van der Waals surface area contributed by atoms with Gasteiger partial charge in [-0.15, -0.1) is 11.8 Å². The van der Waals surface area contributed by atoms with E-state index in [1.807, 2.05) is 11.8 Å². The van der Waals surface area contributed by atoms with Crippen LogP contribution in [0.4, 0.5) is 0 Å². The van der Waals surface area contributed by atoms with Crippen LogP contribution in [-0.4, -0.2) is 6.26 Å². The van der Waals surface area contributed by atoms with Crippen LogP contribution in [0.25, 0.3) is 0 Å². The summed E-state index contributed by atoms with van der Waals surface area (Å²) < 4.78 is 0. The second-order valence-electron chi connectivity index (χ2n) is 3.79. The Morgan fingerprint density at radius 3 is 1.93 bits per heavy atom. The van der Waals surface area contributed by atoms with Crippen molar-refractivity contribution in [1.29, 1.82) is 0 Å². The maximum atomic E-state index is 2.30. The van der Waals surface area contributed by atoms with Crippen LogP contribution in [0.1, 0.15) is 65.7 Å². The highest BCUT2D eigenvalue weighted by atomic mass is 32.2. The lowest BCUT2D eigenvalue weighted by atomic mass is 10.0. The second kappa shape index (κ2) is 9.64. The minimum absolute atomic E-state index is 1.25. The van der Waals surface area contributed by atoms with Crippen molar-refractivity contribution < 1.29 is 0 Å². The zero-order chi connectivity index (χ0) is 10.8. The summed E-state index contributed by atoms with van der Waals surface area (Å²) in [6.07, 6.45) is 11.5. The maximum Gasteiger partial charge on any atom is -0.0140 e. The van der Waals surface area contributed by atoms with Crippen molar-refractivity contribution in [3.63, 3.8) is 0 Å². The van der Waals surface area contributed by atoms with Crippen molar-refractivity contribution in [3.8, 4) is 0 Å². The maximum absolute atomic E-state index is 2.30. The van der Waals surface area contributed by atoms with Crippen molar-refractivity contribution >= 4 is 11.8 Å². The second-order valence-corrected chi connectivity index (χ2v) is 4.69. The Balaban J connectivity index is 4.22. The molecular weight excluding hydrogens is 188 g/mol. The largest absolute Gasteiger partial charge is 0.134 e. The molecule has 0 fully saturated rings. The van der Waals surface area contributed by atoms with Crippen molar-refractivity contribution in [1.82, 2.24) is 0 Å². The van der Waals surface area contributed by atoms with E-state index in [-0.39, 0.29) is 0 Å². The summed E-state index contributed by atoms with van der Waals surface area (Å²) in [4.78, 5) is 1.67. The fourth-order valence-corrected chi connectivity index (χ4v) is 2.55. The Kier molecular flexibility index (Phi) is 9.70. The van der Waals surface area contributed by atoms with E-state index >= 15 is 0 Å². The molecule has 14 heavy (non-hydrogen) atoms. The number of unbranched alkanes of at least 4 members (excludes halogenated alkanes) is 2. The van der Waals surface area contributed by atoms with Crippen LogP contribution in [0.3, 0.4) is 0 Å². The van der Waals surface area contributed by atoms with Gasteiger partial charge < -0.3 is 0 Å². The van der Waals surface area contributed by atoms with Crippen LogP contribution in [0.2, 0.25) is 0 Å². The van der Waals surface area contributed by atoms with Gasteiger partial charge in [-0.1, -0.05) is 39.2 Å². The van der Waals surface area contributed by atoms with E-state index in [1.54, 1.807) is 10.5 Å². The lowest BCUT2D eigenvalue weighted by Gasteiger charge is -2.11. The lowest BCUT2D eigenvalue weighted by Crippen LogP contribution is -1.89. The molecule has 0 saturated carbocycles. The molecular formula is C13H26S. The van der Waals surface area contributed by atoms with Gasteiger partial charge in [0.15, 0.2) is 0 Å². The van der Waals surface area contributed by atoms with Crippen LogP contribution in [-0.2, 0) is 0 Å². The molecule has 84 valence electrons. The van der Waals surface area contributed by atoms with Gasteiger partial charge >= 0.3 is 0 Å². The molecule has 0 amide bonds. The molecule has 0 aliphatic rings. The molecule has 0 spiro atoms. The fourth-order valence-electron chi connectivity index (χ4n) is 1.66. The van der Waals surface area contributed by atoms with E-state index in [4.69, 9.17) is 0 Å². The van der Waals surface area contributed by atoms with Crippen molar-refractivity contribution in [2.75, 3.05) is 6.26 Å². The monoisotopic (exact) mass is 214 g/mol. The Morgan fingerprint density at radius 2 is 1.50 bits per heavy atom. The minimum Gasteiger partial charge on any atom is -0.134 e. The molecule has 0 aromatic carbocycles. The van der Waals surface area contributed by atoms with Crippen LogP contribution >= 0.6 is 11.8 Å². The average Bonchev–Trinajstić information content (AvgIpc) is 2.23. The quantitative estimate of drug-likeness (QED) is 0.522. The number of hydrogen-bond acceptors (Lipinski definition) is 1. The molecule has 0 saturated heterocycles. The number of rotatable bonds is 8. The average molecular weight is 214 g/mol. The molecule has 1 heteroatoms. The van der Waals surface area contributed by atoms with Gasteiger partial charge in [-0.25, -0.2) is 0 Å². The third-order valence-corrected chi connectivity index (χ3v) is 3.64. The zero-order valence-corrected chi connectivity index (χ0v) is 11.2. The molecule has 0 unspecified atom stereocenters. The van der Waals surface area contributed by atoms with Crippen LogP contribution in [0.5, 0.6) is 0 Å². The third kappa shape index (κ3) is 5.74. The summed E-state index contributed by atoms with van der Waals surface area (Å²) in [5, 5.41) is 0. The summed E-state index contributed by atoms with van der Waals surface area (Å²) in [5.41, 5.74) is 1.72. The Labute approximate surface area is 94.6 Å². The molecule has 0 rings (SSSR count). The zero-order valence-electron chi connectivity index (χ0n) is 10.4. The van der Waals surface area contributed by atoms with Gasteiger partial charge in [-0.2, -0.15) is 0 Å². The summed E-state index contributed by atoms with van der Waals surface area (Å²) >= 11 is 1.97. The third-order valence-electron chi connectivity index (χ3n) is 2.66. The van der Waals surface area contributed by atoms with E-state index in [9.17, 15) is 0 Å². The smallest absolute Gasteiger partial charge is 0.0140 e. The van der Waals surface area contributed by atoms with E-state index in [0.29, 0.717) is 0 Å². The van der Waals surface area contributed by atoms with Crippen LogP contribution in [0.15, 0.2) is 10.5 Å². The first-order valence-electron chi connectivity index (χ1n) is 6.04. The first-order chi connectivity index (χ1) is 6.79. The molecule has 0 aliphatic heterocycles. The van der Waals surface area contributed by atoms with E-state index in [2.05, 4.69) is 27.0 Å². The molecule has 0 atom stereocenters. The summed E-state index contributed by atoms with van der Waals surface area (Å²) in [6, 6.07) is 0. The Hall–Kier alpha value is 0.0900. The molecule has 0 bridgehead atoms. The van der Waals surface area contributed by atoms with Crippen molar-refractivity contribution in [2.24, 2.45) is 0 Å². The highest BCUT2D eigenvalue weighted by molar-refractivity contribution is 8.02. The minimum atomic E-state index is 1.25. The molecule has 0 nitrogen and oxygen atoms in total. The predicted molar refractivity (Wildman–Crippen MR) is 69.9 cm³/mol. The Morgan fingerprint density at radius 1 is 0.929 bits per heavy atom. The SMILES string of the molecule is CCCC/C(CC)=C(\CCCC)SC. The fraction of sp³-hybridized carbons (Fsp3) is 0.846.